The second-order valence-electron chi connectivity index (χ2n) is 7.05. The largest absolute Gasteiger partial charge is 0.444 e. The molecule has 142 valence electrons. The van der Waals surface area contributed by atoms with Gasteiger partial charge in [-0.2, -0.15) is 0 Å². The molecule has 0 saturated carbocycles. The summed E-state index contributed by atoms with van der Waals surface area (Å²) in [6, 6.07) is 0.334. The van der Waals surface area contributed by atoms with Gasteiger partial charge >= 0.3 is 6.09 Å². The Morgan fingerprint density at radius 3 is 2.33 bits per heavy atom. The molecule has 0 aliphatic carbocycles. The number of nitrogens with one attached hydrogen (secondary N) is 3. The van der Waals surface area contributed by atoms with Crippen LogP contribution in [-0.2, 0) is 14.8 Å². The van der Waals surface area contributed by atoms with Crippen LogP contribution in [0.5, 0.6) is 0 Å². The lowest BCUT2D eigenvalue weighted by Crippen LogP contribution is -2.40. The standard InChI is InChI=1S/C9H18N2O2.C5H11ClN2O2S/c1-9(2,3)13-8(12)11-7-4-5-10-6-7;1-11(9,10)8-3-2-5(4-8)7-6/h7,10H,4-6H2,1-3H3,(H,11,12);5,7H,2-4H2,1H3/t7-;5-/m00/s1. The molecule has 2 saturated heterocycles. The topological polar surface area (TPSA) is 99.8 Å². The van der Waals surface area contributed by atoms with Crippen molar-refractivity contribution in [1.29, 1.82) is 0 Å². The first-order chi connectivity index (χ1) is 11.0. The summed E-state index contributed by atoms with van der Waals surface area (Å²) in [7, 11) is -3.01. The van der Waals surface area contributed by atoms with E-state index in [-0.39, 0.29) is 18.2 Å². The minimum atomic E-state index is -3.01. The van der Waals surface area contributed by atoms with Crippen LogP contribution in [0.1, 0.15) is 33.6 Å². The average Bonchev–Trinajstić information content (AvgIpc) is 3.06. The summed E-state index contributed by atoms with van der Waals surface area (Å²) in [5, 5.41) is 5.98. The fourth-order valence-electron chi connectivity index (χ4n) is 2.37. The second kappa shape index (κ2) is 9.19. The molecule has 0 aromatic rings. The number of hydrogen-bond donors (Lipinski definition) is 3. The van der Waals surface area contributed by atoms with Crippen LogP contribution in [0.15, 0.2) is 0 Å². The molecule has 1 amide bonds. The minimum absolute atomic E-state index is 0.103. The molecule has 0 radical (unpaired) electrons. The molecule has 2 atom stereocenters. The summed E-state index contributed by atoms with van der Waals surface area (Å²) < 4.78 is 28.4. The molecular formula is C14H29ClN4O4S. The van der Waals surface area contributed by atoms with Crippen molar-refractivity contribution in [2.24, 2.45) is 0 Å². The molecule has 8 nitrogen and oxygen atoms in total. The van der Waals surface area contributed by atoms with Crippen molar-refractivity contribution in [2.45, 2.75) is 51.3 Å². The lowest BCUT2D eigenvalue weighted by Gasteiger charge is -2.21. The van der Waals surface area contributed by atoms with Crippen molar-refractivity contribution in [1.82, 2.24) is 19.8 Å². The molecule has 2 aliphatic rings. The van der Waals surface area contributed by atoms with Crippen LogP contribution in [0, 0.1) is 0 Å². The normalized spacial score (nSPS) is 25.0. The number of carbonyl (C=O) groups is 1. The van der Waals surface area contributed by atoms with E-state index in [1.807, 2.05) is 20.8 Å². The van der Waals surface area contributed by atoms with Gasteiger partial charge in [0, 0.05) is 31.7 Å². The number of nitrogens with zero attached hydrogens (tertiary/aromatic N) is 1. The zero-order valence-corrected chi connectivity index (χ0v) is 16.3. The molecule has 3 N–H and O–H groups in total. The van der Waals surface area contributed by atoms with E-state index < -0.39 is 15.6 Å². The molecule has 0 spiro atoms. The lowest BCUT2D eigenvalue weighted by molar-refractivity contribution is 0.0508. The highest BCUT2D eigenvalue weighted by molar-refractivity contribution is 7.88. The van der Waals surface area contributed by atoms with Crippen molar-refractivity contribution in [2.75, 3.05) is 32.4 Å². The number of alkyl carbamates (subject to hydrolysis) is 1. The highest BCUT2D eigenvalue weighted by atomic mass is 35.5. The van der Waals surface area contributed by atoms with Crippen LogP contribution in [0.4, 0.5) is 4.79 Å². The van der Waals surface area contributed by atoms with E-state index in [0.29, 0.717) is 13.1 Å². The third-order valence-corrected chi connectivity index (χ3v) is 5.13. The van der Waals surface area contributed by atoms with Gasteiger partial charge in [0.05, 0.1) is 6.26 Å². The number of halogens is 1. The van der Waals surface area contributed by atoms with E-state index in [1.54, 1.807) is 0 Å². The quantitative estimate of drug-likeness (QED) is 0.617. The summed E-state index contributed by atoms with van der Waals surface area (Å²) in [6.07, 6.45) is 2.67. The summed E-state index contributed by atoms with van der Waals surface area (Å²) in [5.41, 5.74) is -0.407. The molecule has 0 unspecified atom stereocenters. The molecule has 2 fully saturated rings. The van der Waals surface area contributed by atoms with Gasteiger partial charge in [-0.1, -0.05) is 0 Å². The first kappa shape index (κ1) is 21.4. The third-order valence-electron chi connectivity index (χ3n) is 3.56. The Morgan fingerprint density at radius 1 is 1.29 bits per heavy atom. The summed E-state index contributed by atoms with van der Waals surface area (Å²) >= 11 is 5.35. The van der Waals surface area contributed by atoms with E-state index in [9.17, 15) is 13.2 Å². The summed E-state index contributed by atoms with van der Waals surface area (Å²) in [6.45, 7) is 8.46. The van der Waals surface area contributed by atoms with Crippen molar-refractivity contribution < 1.29 is 17.9 Å². The minimum Gasteiger partial charge on any atom is -0.444 e. The SMILES string of the molecule is CC(C)(C)OC(=O)N[C@H]1CCNC1.CS(=O)(=O)N1CC[C@H](NCl)C1. The zero-order valence-electron chi connectivity index (χ0n) is 14.8. The number of ether oxygens (including phenoxy) is 1. The highest BCUT2D eigenvalue weighted by Gasteiger charge is 2.27. The zero-order chi connectivity index (χ0) is 18.4. The van der Waals surface area contributed by atoms with E-state index in [2.05, 4.69) is 15.5 Å². The molecule has 0 bridgehead atoms. The molecule has 10 heteroatoms. The maximum atomic E-state index is 11.3. The first-order valence-electron chi connectivity index (χ1n) is 8.03. The molecular weight excluding hydrogens is 356 g/mol. The predicted molar refractivity (Wildman–Crippen MR) is 94.5 cm³/mol. The Labute approximate surface area is 149 Å². The van der Waals surface area contributed by atoms with Gasteiger partial charge in [-0.3, -0.25) is 0 Å². The van der Waals surface area contributed by atoms with Gasteiger partial charge in [0.15, 0.2) is 0 Å². The van der Waals surface area contributed by atoms with Gasteiger partial charge in [0.2, 0.25) is 10.0 Å². The molecule has 2 aliphatic heterocycles. The molecule has 2 heterocycles. The van der Waals surface area contributed by atoms with Crippen LogP contribution in [0.25, 0.3) is 0 Å². The Kier molecular flexibility index (Phi) is 8.21. The first-order valence-corrected chi connectivity index (χ1v) is 10.3. The van der Waals surface area contributed by atoms with Gasteiger partial charge < -0.3 is 15.4 Å². The number of sulfonamides is 1. The van der Waals surface area contributed by atoms with E-state index >= 15 is 0 Å². The summed E-state index contributed by atoms with van der Waals surface area (Å²) in [4.78, 5) is 13.8. The average molecular weight is 385 g/mol. The van der Waals surface area contributed by atoms with Crippen molar-refractivity contribution in [3.63, 3.8) is 0 Å². The van der Waals surface area contributed by atoms with Crippen molar-refractivity contribution >= 4 is 27.9 Å². The second-order valence-corrected chi connectivity index (χ2v) is 9.25. The monoisotopic (exact) mass is 384 g/mol. The molecule has 24 heavy (non-hydrogen) atoms. The third kappa shape index (κ3) is 8.48. The Bertz CT molecular complexity index is 503. The van der Waals surface area contributed by atoms with Gasteiger partial charge in [-0.25, -0.2) is 22.4 Å². The Morgan fingerprint density at radius 2 is 1.96 bits per heavy atom. The number of amides is 1. The Hall–Kier alpha value is -0.610. The number of carbonyl (C=O) groups excluding carboxylic acids is 1. The Balaban J connectivity index is 0.000000243. The van der Waals surface area contributed by atoms with Crippen LogP contribution >= 0.6 is 11.8 Å². The van der Waals surface area contributed by atoms with Gasteiger partial charge in [0.1, 0.15) is 5.60 Å². The van der Waals surface area contributed by atoms with Crippen LogP contribution < -0.4 is 15.5 Å². The maximum Gasteiger partial charge on any atom is 0.407 e. The van der Waals surface area contributed by atoms with Crippen molar-refractivity contribution in [3.05, 3.63) is 0 Å². The van der Waals surface area contributed by atoms with Crippen molar-refractivity contribution in [3.8, 4) is 0 Å². The van der Waals surface area contributed by atoms with Gasteiger partial charge in [-0.05, 0) is 51.9 Å². The molecule has 2 rings (SSSR count). The van der Waals surface area contributed by atoms with Crippen LogP contribution in [0.2, 0.25) is 0 Å². The fraction of sp³-hybridized carbons (Fsp3) is 0.929. The van der Waals surface area contributed by atoms with E-state index in [4.69, 9.17) is 16.5 Å². The van der Waals surface area contributed by atoms with E-state index in [1.165, 1.54) is 10.6 Å². The van der Waals surface area contributed by atoms with Crippen LogP contribution in [0.3, 0.4) is 0 Å². The number of hydrogen-bond acceptors (Lipinski definition) is 6. The predicted octanol–water partition coefficient (Wildman–Crippen LogP) is 0.637. The molecule has 0 aromatic heterocycles. The fourth-order valence-corrected chi connectivity index (χ4v) is 3.44. The molecule has 0 aromatic carbocycles. The van der Waals surface area contributed by atoms with Gasteiger partial charge in [0.25, 0.3) is 0 Å². The lowest BCUT2D eigenvalue weighted by atomic mass is 10.2. The summed E-state index contributed by atoms with van der Waals surface area (Å²) in [5.74, 6) is 0. The highest BCUT2D eigenvalue weighted by Crippen LogP contribution is 2.12. The van der Waals surface area contributed by atoms with Gasteiger partial charge in [-0.15, -0.1) is 0 Å². The smallest absolute Gasteiger partial charge is 0.407 e. The maximum absolute atomic E-state index is 11.3. The van der Waals surface area contributed by atoms with E-state index in [0.717, 1.165) is 25.9 Å². The number of rotatable bonds is 3. The van der Waals surface area contributed by atoms with Crippen LogP contribution in [-0.4, -0.2) is 68.9 Å².